The molecule has 2 heterocycles. The average molecular weight is 419 g/mol. The van der Waals surface area contributed by atoms with E-state index in [2.05, 4.69) is 5.32 Å². The van der Waals surface area contributed by atoms with Crippen molar-refractivity contribution in [1.29, 1.82) is 0 Å². The van der Waals surface area contributed by atoms with Gasteiger partial charge < -0.3 is 19.7 Å². The number of carbonyl (C=O) groups is 1. The first-order valence-electron chi connectivity index (χ1n) is 9.93. The highest BCUT2D eigenvalue weighted by molar-refractivity contribution is 6.31. The predicted octanol–water partition coefficient (Wildman–Crippen LogP) is 3.92. The molecular weight excluding hydrogens is 395 g/mol. The number of hydrogen-bond donors (Lipinski definition) is 1. The fourth-order valence-corrected chi connectivity index (χ4v) is 4.15. The molecule has 2 aromatic rings. The van der Waals surface area contributed by atoms with Crippen LogP contribution in [-0.4, -0.2) is 36.7 Å². The lowest BCUT2D eigenvalue weighted by Gasteiger charge is -2.25. The molecular formula is C22H24ClFN2O3. The predicted molar refractivity (Wildman–Crippen MR) is 109 cm³/mol. The molecule has 4 rings (SSSR count). The minimum atomic E-state index is -0.210. The van der Waals surface area contributed by atoms with Gasteiger partial charge in [-0.3, -0.25) is 4.79 Å². The van der Waals surface area contributed by atoms with Crippen LogP contribution in [0.15, 0.2) is 36.4 Å². The molecule has 0 radical (unpaired) electrons. The van der Waals surface area contributed by atoms with E-state index in [9.17, 15) is 9.18 Å². The van der Waals surface area contributed by atoms with E-state index >= 15 is 0 Å². The number of fused-ring (bicyclic) bond motifs is 1. The second-order valence-corrected chi connectivity index (χ2v) is 7.79. The number of hydrogen-bond acceptors (Lipinski definition) is 4. The fraction of sp³-hybridized carbons (Fsp3) is 0.409. The number of rotatable bonds is 8. The third-order valence-electron chi connectivity index (χ3n) is 5.54. The molecule has 29 heavy (non-hydrogen) atoms. The van der Waals surface area contributed by atoms with Gasteiger partial charge in [0.05, 0.1) is 0 Å². The second kappa shape index (κ2) is 9.01. The van der Waals surface area contributed by atoms with E-state index in [1.165, 1.54) is 6.07 Å². The summed E-state index contributed by atoms with van der Waals surface area (Å²) < 4.78 is 24.6. The first kappa shape index (κ1) is 20.0. The summed E-state index contributed by atoms with van der Waals surface area (Å²) in [6.45, 7) is 2.16. The number of ether oxygens (including phenoxy) is 2. The van der Waals surface area contributed by atoms with Gasteiger partial charge in [-0.25, -0.2) is 4.39 Å². The van der Waals surface area contributed by atoms with E-state index in [1.54, 1.807) is 18.2 Å². The molecule has 0 unspecified atom stereocenters. The number of nitrogens with one attached hydrogen (secondary N) is 1. The van der Waals surface area contributed by atoms with Gasteiger partial charge in [0.25, 0.3) is 0 Å². The lowest BCUT2D eigenvalue weighted by Crippen LogP contribution is -2.36. The van der Waals surface area contributed by atoms with Gasteiger partial charge in [-0.05, 0) is 49.1 Å². The topological polar surface area (TPSA) is 50.8 Å². The lowest BCUT2D eigenvalue weighted by atomic mass is 10.1. The summed E-state index contributed by atoms with van der Waals surface area (Å²) in [6, 6.07) is 10.6. The maximum atomic E-state index is 13.8. The van der Waals surface area contributed by atoms with E-state index in [0.717, 1.165) is 24.9 Å². The third-order valence-corrected chi connectivity index (χ3v) is 5.90. The zero-order chi connectivity index (χ0) is 20.2. The molecule has 0 saturated carbocycles. The lowest BCUT2D eigenvalue weighted by molar-refractivity contribution is -0.129. The molecule has 0 spiro atoms. The van der Waals surface area contributed by atoms with Crippen LogP contribution in [0.4, 0.5) is 4.39 Å². The Bertz CT molecular complexity index is 892. The van der Waals surface area contributed by atoms with Crippen LogP contribution in [0.3, 0.4) is 0 Å². The maximum absolute atomic E-state index is 13.8. The second-order valence-electron chi connectivity index (χ2n) is 7.38. The first-order valence-corrected chi connectivity index (χ1v) is 10.3. The van der Waals surface area contributed by atoms with Crippen LogP contribution in [0.2, 0.25) is 5.02 Å². The molecule has 1 amide bonds. The molecule has 1 N–H and O–H groups in total. The summed E-state index contributed by atoms with van der Waals surface area (Å²) >= 11 is 6.31. The van der Waals surface area contributed by atoms with Gasteiger partial charge in [0.2, 0.25) is 12.7 Å². The molecule has 0 aliphatic carbocycles. The molecule has 0 aromatic heterocycles. The van der Waals surface area contributed by atoms with Crippen LogP contribution >= 0.6 is 11.6 Å². The van der Waals surface area contributed by atoms with Crippen LogP contribution in [-0.2, 0) is 17.8 Å². The Morgan fingerprint density at radius 2 is 1.97 bits per heavy atom. The van der Waals surface area contributed by atoms with Crippen molar-refractivity contribution >= 4 is 17.5 Å². The molecule has 2 aliphatic heterocycles. The van der Waals surface area contributed by atoms with E-state index in [-0.39, 0.29) is 24.6 Å². The van der Waals surface area contributed by atoms with E-state index < -0.39 is 0 Å². The van der Waals surface area contributed by atoms with Gasteiger partial charge in [-0.1, -0.05) is 29.8 Å². The summed E-state index contributed by atoms with van der Waals surface area (Å²) in [5.41, 5.74) is 1.61. The van der Waals surface area contributed by atoms with Crippen molar-refractivity contribution in [3.8, 4) is 11.5 Å². The molecule has 0 bridgehead atoms. The zero-order valence-corrected chi connectivity index (χ0v) is 16.9. The van der Waals surface area contributed by atoms with Gasteiger partial charge >= 0.3 is 0 Å². The SMILES string of the molecule is O=C1CC[C@H](CCNCc2cc3c(cc2Cl)OCO3)N1CCc1ccccc1F. The van der Waals surface area contributed by atoms with Gasteiger partial charge in [0, 0.05) is 36.6 Å². The number of carbonyl (C=O) groups excluding carboxylic acids is 1. The molecule has 7 heteroatoms. The maximum Gasteiger partial charge on any atom is 0.231 e. The van der Waals surface area contributed by atoms with Crippen molar-refractivity contribution in [2.24, 2.45) is 0 Å². The Morgan fingerprint density at radius 1 is 1.17 bits per heavy atom. The summed E-state index contributed by atoms with van der Waals surface area (Å²) in [4.78, 5) is 14.2. The van der Waals surface area contributed by atoms with E-state index in [1.807, 2.05) is 17.0 Å². The average Bonchev–Trinajstić information content (AvgIpc) is 3.30. The standard InChI is InChI=1S/C22H24ClFN2O3/c23-18-12-21-20(28-14-29-21)11-16(18)13-25-9-7-17-5-6-22(27)26(17)10-8-15-3-1-2-4-19(15)24/h1-4,11-12,17,25H,5-10,13-14H2/t17-/m1/s1. The normalized spacial score (nSPS) is 17.9. The molecule has 1 saturated heterocycles. The van der Waals surface area contributed by atoms with Crippen molar-refractivity contribution in [3.63, 3.8) is 0 Å². The summed E-state index contributed by atoms with van der Waals surface area (Å²) in [6.07, 6.45) is 2.80. The smallest absolute Gasteiger partial charge is 0.231 e. The zero-order valence-electron chi connectivity index (χ0n) is 16.1. The van der Waals surface area contributed by atoms with Crippen molar-refractivity contribution in [1.82, 2.24) is 10.2 Å². The van der Waals surface area contributed by atoms with Crippen molar-refractivity contribution < 1.29 is 18.7 Å². The first-order chi connectivity index (χ1) is 14.1. The minimum absolute atomic E-state index is 0.158. The molecule has 2 aromatic carbocycles. The third kappa shape index (κ3) is 4.65. The van der Waals surface area contributed by atoms with E-state index in [4.69, 9.17) is 21.1 Å². The summed E-state index contributed by atoms with van der Waals surface area (Å²) in [7, 11) is 0. The Labute approximate surface area is 174 Å². The number of amides is 1. The number of likely N-dealkylation sites (tertiary alicyclic amines) is 1. The molecule has 1 atom stereocenters. The van der Waals surface area contributed by atoms with Gasteiger partial charge in [-0.2, -0.15) is 0 Å². The van der Waals surface area contributed by atoms with Gasteiger partial charge in [0.1, 0.15) is 5.82 Å². The fourth-order valence-electron chi connectivity index (χ4n) is 3.93. The highest BCUT2D eigenvalue weighted by Gasteiger charge is 2.30. The van der Waals surface area contributed by atoms with Gasteiger partial charge in [0.15, 0.2) is 11.5 Å². The summed E-state index contributed by atoms with van der Waals surface area (Å²) in [5, 5.41) is 4.04. The molecule has 5 nitrogen and oxygen atoms in total. The minimum Gasteiger partial charge on any atom is -0.454 e. The largest absolute Gasteiger partial charge is 0.454 e. The Kier molecular flexibility index (Phi) is 6.21. The Hall–Kier alpha value is -2.31. The van der Waals surface area contributed by atoms with Crippen molar-refractivity contribution in [2.75, 3.05) is 19.9 Å². The number of benzene rings is 2. The highest BCUT2D eigenvalue weighted by atomic mass is 35.5. The highest BCUT2D eigenvalue weighted by Crippen LogP contribution is 2.36. The van der Waals surface area contributed by atoms with Crippen molar-refractivity contribution in [2.45, 2.75) is 38.3 Å². The molecule has 154 valence electrons. The van der Waals surface area contributed by atoms with Crippen molar-refractivity contribution in [3.05, 3.63) is 58.4 Å². The number of halogens is 2. The van der Waals surface area contributed by atoms with Crippen LogP contribution in [0.1, 0.15) is 30.4 Å². The van der Waals surface area contributed by atoms with Crippen LogP contribution < -0.4 is 14.8 Å². The Morgan fingerprint density at radius 3 is 2.79 bits per heavy atom. The quantitative estimate of drug-likeness (QED) is 0.660. The van der Waals surface area contributed by atoms with Gasteiger partial charge in [-0.15, -0.1) is 0 Å². The molecule has 2 aliphatic rings. The monoisotopic (exact) mass is 418 g/mol. The van der Waals surface area contributed by atoms with Crippen LogP contribution in [0.25, 0.3) is 0 Å². The molecule has 1 fully saturated rings. The Balaban J connectivity index is 1.26. The van der Waals surface area contributed by atoms with E-state index in [0.29, 0.717) is 48.0 Å². The number of nitrogens with zero attached hydrogens (tertiary/aromatic N) is 1. The summed E-state index contributed by atoms with van der Waals surface area (Å²) in [5.74, 6) is 1.34. The van der Waals surface area contributed by atoms with Crippen LogP contribution in [0.5, 0.6) is 11.5 Å². The van der Waals surface area contributed by atoms with Crippen LogP contribution in [0, 0.1) is 5.82 Å².